The van der Waals surface area contributed by atoms with Crippen molar-refractivity contribution in [2.45, 2.75) is 36.5 Å². The molecule has 1 aliphatic heterocycles. The molecule has 27 heavy (non-hydrogen) atoms. The molecule has 1 unspecified atom stereocenters. The topological polar surface area (TPSA) is 40.6 Å². The lowest BCUT2D eigenvalue weighted by atomic mass is 9.95. The van der Waals surface area contributed by atoms with Gasteiger partial charge in [-0.15, -0.1) is 0 Å². The molecule has 0 aromatic heterocycles. The Bertz CT molecular complexity index is 788. The molecule has 146 valence electrons. The van der Waals surface area contributed by atoms with Crippen molar-refractivity contribution in [3.8, 4) is 0 Å². The second-order valence-electron chi connectivity index (χ2n) is 7.40. The van der Waals surface area contributed by atoms with E-state index in [1.54, 1.807) is 31.3 Å². The van der Waals surface area contributed by atoms with E-state index in [1.807, 2.05) is 24.3 Å². The first-order valence-corrected chi connectivity index (χ1v) is 11.3. The van der Waals surface area contributed by atoms with Gasteiger partial charge in [0, 0.05) is 13.6 Å². The van der Waals surface area contributed by atoms with E-state index < -0.39 is 10.0 Å². The van der Waals surface area contributed by atoms with Gasteiger partial charge in [-0.25, -0.2) is 12.7 Å². The molecule has 5 heteroatoms. The smallest absolute Gasteiger partial charge is 0.242 e. The fourth-order valence-electron chi connectivity index (χ4n) is 3.79. The molecule has 3 rings (SSSR count). The summed E-state index contributed by atoms with van der Waals surface area (Å²) in [5.74, 6) is 0.191. The minimum atomic E-state index is -3.47. The SMILES string of the molecule is CN(CC(CCN1CCCCC1)c1ccccc1)S(=O)(=O)c1ccccc1. The number of likely N-dealkylation sites (N-methyl/N-ethyl adjacent to an activating group) is 1. The van der Waals surface area contributed by atoms with Gasteiger partial charge in [-0.1, -0.05) is 55.0 Å². The number of hydrogen-bond acceptors (Lipinski definition) is 3. The summed E-state index contributed by atoms with van der Waals surface area (Å²) in [5, 5.41) is 0. The van der Waals surface area contributed by atoms with Crippen molar-refractivity contribution in [1.82, 2.24) is 9.21 Å². The van der Waals surface area contributed by atoms with E-state index in [0.29, 0.717) is 11.4 Å². The van der Waals surface area contributed by atoms with Crippen LogP contribution in [0.15, 0.2) is 65.6 Å². The Labute approximate surface area is 163 Å². The van der Waals surface area contributed by atoms with Gasteiger partial charge in [0.25, 0.3) is 0 Å². The molecular formula is C22H30N2O2S. The molecule has 0 amide bonds. The lowest BCUT2D eigenvalue weighted by Crippen LogP contribution is -2.34. The average molecular weight is 387 g/mol. The quantitative estimate of drug-likeness (QED) is 0.689. The lowest BCUT2D eigenvalue weighted by Gasteiger charge is -2.30. The Kier molecular flexibility index (Phi) is 7.05. The summed E-state index contributed by atoms with van der Waals surface area (Å²) in [6.07, 6.45) is 4.85. The number of sulfonamides is 1. The van der Waals surface area contributed by atoms with E-state index in [4.69, 9.17) is 0 Å². The second kappa shape index (κ2) is 9.49. The molecule has 0 aliphatic carbocycles. The summed E-state index contributed by atoms with van der Waals surface area (Å²) in [6, 6.07) is 19.0. The van der Waals surface area contributed by atoms with E-state index in [-0.39, 0.29) is 5.92 Å². The highest BCUT2D eigenvalue weighted by molar-refractivity contribution is 7.89. The molecule has 1 heterocycles. The Morgan fingerprint density at radius 3 is 2.15 bits per heavy atom. The van der Waals surface area contributed by atoms with Gasteiger partial charge in [0.2, 0.25) is 10.0 Å². The Morgan fingerprint density at radius 1 is 0.926 bits per heavy atom. The zero-order valence-corrected chi connectivity index (χ0v) is 16.9. The van der Waals surface area contributed by atoms with Crippen LogP contribution in [0.1, 0.15) is 37.2 Å². The van der Waals surface area contributed by atoms with Gasteiger partial charge in [-0.3, -0.25) is 0 Å². The first kappa shape index (κ1) is 20.1. The average Bonchev–Trinajstić information content (AvgIpc) is 2.73. The number of rotatable bonds is 8. The van der Waals surface area contributed by atoms with Gasteiger partial charge < -0.3 is 4.90 Å². The fraction of sp³-hybridized carbons (Fsp3) is 0.455. The van der Waals surface area contributed by atoms with Crippen LogP contribution < -0.4 is 0 Å². The predicted octanol–water partition coefficient (Wildman–Crippen LogP) is 3.97. The van der Waals surface area contributed by atoms with E-state index in [9.17, 15) is 8.42 Å². The minimum Gasteiger partial charge on any atom is -0.303 e. The lowest BCUT2D eigenvalue weighted by molar-refractivity contribution is 0.218. The summed E-state index contributed by atoms with van der Waals surface area (Å²) >= 11 is 0. The third-order valence-corrected chi connectivity index (χ3v) is 7.28. The summed E-state index contributed by atoms with van der Waals surface area (Å²) in [7, 11) is -1.77. The molecule has 4 nitrogen and oxygen atoms in total. The number of likely N-dealkylation sites (tertiary alicyclic amines) is 1. The predicted molar refractivity (Wildman–Crippen MR) is 110 cm³/mol. The van der Waals surface area contributed by atoms with Crippen LogP contribution in [0.3, 0.4) is 0 Å². The molecule has 2 aromatic rings. The molecule has 0 radical (unpaired) electrons. The van der Waals surface area contributed by atoms with Crippen LogP contribution in [0, 0.1) is 0 Å². The van der Waals surface area contributed by atoms with Crippen LogP contribution in [0.2, 0.25) is 0 Å². The molecule has 2 aromatic carbocycles. The van der Waals surface area contributed by atoms with E-state index >= 15 is 0 Å². The maximum Gasteiger partial charge on any atom is 0.242 e. The van der Waals surface area contributed by atoms with Crippen LogP contribution in [0.5, 0.6) is 0 Å². The number of hydrogen-bond donors (Lipinski definition) is 0. The second-order valence-corrected chi connectivity index (χ2v) is 9.44. The maximum absolute atomic E-state index is 12.9. The Balaban J connectivity index is 1.72. The summed E-state index contributed by atoms with van der Waals surface area (Å²) in [4.78, 5) is 2.88. The third-order valence-electron chi connectivity index (χ3n) is 5.44. The first-order valence-electron chi connectivity index (χ1n) is 9.86. The first-order chi connectivity index (χ1) is 13.1. The minimum absolute atomic E-state index is 0.191. The van der Waals surface area contributed by atoms with Crippen molar-refractivity contribution in [3.63, 3.8) is 0 Å². The van der Waals surface area contributed by atoms with Crippen molar-refractivity contribution in [2.75, 3.05) is 33.2 Å². The van der Waals surface area contributed by atoms with Crippen molar-refractivity contribution < 1.29 is 8.42 Å². The maximum atomic E-state index is 12.9. The van der Waals surface area contributed by atoms with Crippen LogP contribution in [0.4, 0.5) is 0 Å². The van der Waals surface area contributed by atoms with E-state index in [1.165, 1.54) is 42.2 Å². The standard InChI is InChI=1S/C22H30N2O2S/c1-23(27(25,26)22-13-7-3-8-14-22)19-21(20-11-5-2-6-12-20)15-18-24-16-9-4-10-17-24/h2-3,5-8,11-14,21H,4,9-10,15-19H2,1H3. The van der Waals surface area contributed by atoms with Crippen LogP contribution in [-0.4, -0.2) is 50.8 Å². The highest BCUT2D eigenvalue weighted by atomic mass is 32.2. The molecule has 1 saturated heterocycles. The van der Waals surface area contributed by atoms with Crippen LogP contribution >= 0.6 is 0 Å². The number of piperidine rings is 1. The van der Waals surface area contributed by atoms with Crippen molar-refractivity contribution in [2.24, 2.45) is 0 Å². The summed E-state index contributed by atoms with van der Waals surface area (Å²) < 4.78 is 27.4. The molecule has 0 bridgehead atoms. The highest BCUT2D eigenvalue weighted by Gasteiger charge is 2.25. The van der Waals surface area contributed by atoms with Gasteiger partial charge in [0.05, 0.1) is 4.90 Å². The molecule has 1 fully saturated rings. The van der Waals surface area contributed by atoms with Crippen molar-refractivity contribution >= 4 is 10.0 Å². The largest absolute Gasteiger partial charge is 0.303 e. The highest BCUT2D eigenvalue weighted by Crippen LogP contribution is 2.25. The van der Waals surface area contributed by atoms with Crippen LogP contribution in [-0.2, 0) is 10.0 Å². The van der Waals surface area contributed by atoms with Gasteiger partial charge >= 0.3 is 0 Å². The molecule has 0 saturated carbocycles. The number of benzene rings is 2. The van der Waals surface area contributed by atoms with Gasteiger partial charge in [-0.05, 0) is 62.5 Å². The van der Waals surface area contributed by atoms with E-state index in [0.717, 1.165) is 13.0 Å². The monoisotopic (exact) mass is 386 g/mol. The Morgan fingerprint density at radius 2 is 1.52 bits per heavy atom. The Hall–Kier alpha value is -1.69. The molecule has 1 aliphatic rings. The van der Waals surface area contributed by atoms with Crippen LogP contribution in [0.25, 0.3) is 0 Å². The zero-order valence-electron chi connectivity index (χ0n) is 16.1. The van der Waals surface area contributed by atoms with Gasteiger partial charge in [-0.2, -0.15) is 0 Å². The van der Waals surface area contributed by atoms with Crippen molar-refractivity contribution in [1.29, 1.82) is 0 Å². The number of nitrogens with zero attached hydrogens (tertiary/aromatic N) is 2. The zero-order chi connectivity index (χ0) is 19.1. The van der Waals surface area contributed by atoms with Gasteiger partial charge in [0.1, 0.15) is 0 Å². The molecular weight excluding hydrogens is 356 g/mol. The summed E-state index contributed by atoms with van der Waals surface area (Å²) in [5.41, 5.74) is 1.21. The summed E-state index contributed by atoms with van der Waals surface area (Å²) in [6.45, 7) is 3.85. The fourth-order valence-corrected chi connectivity index (χ4v) is 5.03. The van der Waals surface area contributed by atoms with E-state index in [2.05, 4.69) is 17.0 Å². The normalized spacial score (nSPS) is 17.1. The molecule has 0 N–H and O–H groups in total. The third kappa shape index (κ3) is 5.41. The molecule has 0 spiro atoms. The van der Waals surface area contributed by atoms with Gasteiger partial charge in [0.15, 0.2) is 0 Å². The van der Waals surface area contributed by atoms with Crippen molar-refractivity contribution in [3.05, 3.63) is 66.2 Å². The molecule has 1 atom stereocenters.